The van der Waals surface area contributed by atoms with Crippen LogP contribution in [0.1, 0.15) is 32.2 Å². The van der Waals surface area contributed by atoms with Crippen LogP contribution in [0.15, 0.2) is 4.47 Å². The fourth-order valence-electron chi connectivity index (χ4n) is 2.81. The molecule has 2 heterocycles. The summed E-state index contributed by atoms with van der Waals surface area (Å²) >= 11 is 3.72. The predicted octanol–water partition coefficient (Wildman–Crippen LogP) is 2.17. The molecule has 1 fully saturated rings. The van der Waals surface area contributed by atoms with Crippen molar-refractivity contribution >= 4 is 15.9 Å². The normalized spacial score (nSPS) is 21.3. The van der Waals surface area contributed by atoms with E-state index in [1.54, 1.807) is 0 Å². The molecule has 108 valence electrons. The Kier molecular flexibility index (Phi) is 5.03. The van der Waals surface area contributed by atoms with Crippen LogP contribution in [0.3, 0.4) is 0 Å². The molecule has 4 nitrogen and oxygen atoms in total. The maximum Gasteiger partial charge on any atom is 0.0767 e. The lowest BCUT2D eigenvalue weighted by molar-refractivity contribution is 0.114. The van der Waals surface area contributed by atoms with Crippen molar-refractivity contribution < 1.29 is 0 Å². The Labute approximate surface area is 124 Å². The molecular formula is C14H25BrN4. The highest BCUT2D eigenvalue weighted by atomic mass is 79.9. The van der Waals surface area contributed by atoms with Crippen molar-refractivity contribution in [1.29, 1.82) is 0 Å². The Morgan fingerprint density at radius 1 is 1.47 bits per heavy atom. The van der Waals surface area contributed by atoms with Gasteiger partial charge in [0.1, 0.15) is 0 Å². The molecule has 1 unspecified atom stereocenters. The summed E-state index contributed by atoms with van der Waals surface area (Å²) in [6.07, 6.45) is 0.976. The molecule has 1 aliphatic heterocycles. The molecular weight excluding hydrogens is 304 g/mol. The van der Waals surface area contributed by atoms with E-state index in [1.807, 2.05) is 11.7 Å². The number of hydrogen-bond acceptors (Lipinski definition) is 3. The van der Waals surface area contributed by atoms with Gasteiger partial charge in [-0.2, -0.15) is 5.10 Å². The van der Waals surface area contributed by atoms with Crippen LogP contribution in [0.25, 0.3) is 0 Å². The number of aromatic nitrogens is 2. The number of piperazine rings is 1. The Hall–Kier alpha value is -0.390. The number of hydrogen-bond donors (Lipinski definition) is 1. The molecule has 2 rings (SSSR count). The van der Waals surface area contributed by atoms with Crippen molar-refractivity contribution in [2.75, 3.05) is 19.6 Å². The minimum atomic E-state index is 0.612. The largest absolute Gasteiger partial charge is 0.314 e. The summed E-state index contributed by atoms with van der Waals surface area (Å²) in [6.45, 7) is 11.0. The summed E-state index contributed by atoms with van der Waals surface area (Å²) in [7, 11) is 2.05. The van der Waals surface area contributed by atoms with Crippen LogP contribution in [-0.4, -0.2) is 40.4 Å². The van der Waals surface area contributed by atoms with Crippen molar-refractivity contribution in [3.8, 4) is 0 Å². The molecule has 1 saturated heterocycles. The van der Waals surface area contributed by atoms with Gasteiger partial charge in [0.15, 0.2) is 0 Å². The molecule has 1 aliphatic rings. The lowest BCUT2D eigenvalue weighted by Gasteiger charge is -2.38. The van der Waals surface area contributed by atoms with Gasteiger partial charge < -0.3 is 5.32 Å². The Bertz CT molecular complexity index is 427. The van der Waals surface area contributed by atoms with E-state index >= 15 is 0 Å². The van der Waals surface area contributed by atoms with Gasteiger partial charge in [-0.25, -0.2) is 0 Å². The highest BCUT2D eigenvalue weighted by molar-refractivity contribution is 9.10. The van der Waals surface area contributed by atoms with E-state index in [9.17, 15) is 0 Å². The van der Waals surface area contributed by atoms with Crippen molar-refractivity contribution in [1.82, 2.24) is 20.0 Å². The summed E-state index contributed by atoms with van der Waals surface area (Å²) < 4.78 is 3.22. The molecule has 0 spiro atoms. The topological polar surface area (TPSA) is 33.1 Å². The highest BCUT2D eigenvalue weighted by Gasteiger charge is 2.26. The fraction of sp³-hybridized carbons (Fsp3) is 0.786. The summed E-state index contributed by atoms with van der Waals surface area (Å²) in [5.41, 5.74) is 2.46. The van der Waals surface area contributed by atoms with E-state index in [2.05, 4.69) is 52.0 Å². The van der Waals surface area contributed by atoms with Crippen LogP contribution in [0, 0.1) is 5.92 Å². The van der Waals surface area contributed by atoms with Crippen LogP contribution in [0.4, 0.5) is 0 Å². The zero-order chi connectivity index (χ0) is 14.0. The standard InChI is InChI=1S/C14H25BrN4/c1-5-11-14(15)13(18(4)17-11)9-19-7-6-16-8-12(19)10(2)3/h10,12,16H,5-9H2,1-4H3. The zero-order valence-corrected chi connectivity index (χ0v) is 14.0. The van der Waals surface area contributed by atoms with E-state index in [0.717, 1.165) is 38.3 Å². The average Bonchev–Trinajstić information content (AvgIpc) is 2.66. The minimum absolute atomic E-state index is 0.612. The van der Waals surface area contributed by atoms with E-state index in [0.29, 0.717) is 12.0 Å². The first kappa shape index (κ1) is 15.0. The first-order valence-electron chi connectivity index (χ1n) is 7.19. The quantitative estimate of drug-likeness (QED) is 0.919. The fourth-order valence-corrected chi connectivity index (χ4v) is 3.55. The van der Waals surface area contributed by atoms with Crippen molar-refractivity contribution in [3.05, 3.63) is 15.9 Å². The number of halogens is 1. The molecule has 1 atom stereocenters. The molecule has 0 radical (unpaired) electrons. The first-order chi connectivity index (χ1) is 9.04. The van der Waals surface area contributed by atoms with Crippen LogP contribution in [0.2, 0.25) is 0 Å². The van der Waals surface area contributed by atoms with Crippen molar-refractivity contribution in [2.45, 2.75) is 39.8 Å². The average molecular weight is 329 g/mol. The second-order valence-electron chi connectivity index (χ2n) is 5.67. The number of rotatable bonds is 4. The molecule has 1 N–H and O–H groups in total. The van der Waals surface area contributed by atoms with Gasteiger partial charge in [0, 0.05) is 39.3 Å². The third-order valence-corrected chi connectivity index (χ3v) is 4.94. The first-order valence-corrected chi connectivity index (χ1v) is 7.98. The van der Waals surface area contributed by atoms with Gasteiger partial charge in [0.2, 0.25) is 0 Å². The molecule has 0 aromatic carbocycles. The molecule has 1 aromatic rings. The maximum absolute atomic E-state index is 4.59. The van der Waals surface area contributed by atoms with E-state index in [-0.39, 0.29) is 0 Å². The van der Waals surface area contributed by atoms with Gasteiger partial charge in [0.05, 0.1) is 15.9 Å². The number of aryl methyl sites for hydroxylation is 2. The van der Waals surface area contributed by atoms with Gasteiger partial charge in [-0.1, -0.05) is 20.8 Å². The van der Waals surface area contributed by atoms with Crippen LogP contribution >= 0.6 is 15.9 Å². The SMILES string of the molecule is CCc1nn(C)c(CN2CCNCC2C(C)C)c1Br. The molecule has 0 bridgehead atoms. The highest BCUT2D eigenvalue weighted by Crippen LogP contribution is 2.25. The van der Waals surface area contributed by atoms with Gasteiger partial charge >= 0.3 is 0 Å². The van der Waals surface area contributed by atoms with Gasteiger partial charge in [0.25, 0.3) is 0 Å². The number of nitrogens with zero attached hydrogens (tertiary/aromatic N) is 3. The van der Waals surface area contributed by atoms with E-state index in [4.69, 9.17) is 0 Å². The lowest BCUT2D eigenvalue weighted by atomic mass is 10.0. The van der Waals surface area contributed by atoms with Crippen molar-refractivity contribution in [3.63, 3.8) is 0 Å². The van der Waals surface area contributed by atoms with Crippen LogP contribution in [-0.2, 0) is 20.0 Å². The predicted molar refractivity (Wildman–Crippen MR) is 82.2 cm³/mol. The van der Waals surface area contributed by atoms with Gasteiger partial charge in [-0.3, -0.25) is 9.58 Å². The summed E-state index contributed by atoms with van der Waals surface area (Å²) in [6, 6.07) is 0.612. The van der Waals surface area contributed by atoms with Gasteiger partial charge in [-0.05, 0) is 28.3 Å². The lowest BCUT2D eigenvalue weighted by Crippen LogP contribution is -2.53. The Morgan fingerprint density at radius 3 is 2.79 bits per heavy atom. The van der Waals surface area contributed by atoms with Crippen molar-refractivity contribution in [2.24, 2.45) is 13.0 Å². The van der Waals surface area contributed by atoms with Gasteiger partial charge in [-0.15, -0.1) is 0 Å². The van der Waals surface area contributed by atoms with Crippen LogP contribution in [0.5, 0.6) is 0 Å². The third-order valence-electron chi connectivity index (χ3n) is 4.02. The van der Waals surface area contributed by atoms with E-state index in [1.165, 1.54) is 10.2 Å². The molecule has 0 saturated carbocycles. The van der Waals surface area contributed by atoms with E-state index < -0.39 is 0 Å². The summed E-state index contributed by atoms with van der Waals surface area (Å²) in [4.78, 5) is 2.59. The molecule has 0 amide bonds. The van der Waals surface area contributed by atoms with Crippen LogP contribution < -0.4 is 5.32 Å². The number of nitrogens with one attached hydrogen (secondary N) is 1. The smallest absolute Gasteiger partial charge is 0.0767 e. The Morgan fingerprint density at radius 2 is 2.21 bits per heavy atom. The summed E-state index contributed by atoms with van der Waals surface area (Å²) in [5.74, 6) is 0.672. The Balaban J connectivity index is 2.17. The molecule has 0 aliphatic carbocycles. The monoisotopic (exact) mass is 328 g/mol. The molecule has 5 heteroatoms. The second-order valence-corrected chi connectivity index (χ2v) is 6.46. The molecule has 1 aromatic heterocycles. The second kappa shape index (κ2) is 6.37. The maximum atomic E-state index is 4.59. The molecule has 19 heavy (non-hydrogen) atoms. The third kappa shape index (κ3) is 3.20. The summed E-state index contributed by atoms with van der Waals surface area (Å²) in [5, 5.41) is 8.09. The minimum Gasteiger partial charge on any atom is -0.314 e. The zero-order valence-electron chi connectivity index (χ0n) is 12.4.